The number of amides is 1. The lowest BCUT2D eigenvalue weighted by molar-refractivity contribution is 0.0947. The number of furan rings is 2. The number of hydrogen-bond donors (Lipinski definition) is 1. The average Bonchev–Trinajstić information content (AvgIpc) is 2.94. The van der Waals surface area contributed by atoms with Gasteiger partial charge in [0.1, 0.15) is 24.0 Å². The highest BCUT2D eigenvalue weighted by molar-refractivity contribution is 5.93. The van der Waals surface area contributed by atoms with Crippen LogP contribution in [0.3, 0.4) is 0 Å². The fourth-order valence-electron chi connectivity index (χ4n) is 1.38. The smallest absolute Gasteiger partial charge is 0.254 e. The van der Waals surface area contributed by atoms with Crippen LogP contribution in [0.15, 0.2) is 33.5 Å². The summed E-state index contributed by atoms with van der Waals surface area (Å²) in [6.45, 7) is 2.00. The summed E-state index contributed by atoms with van der Waals surface area (Å²) in [5, 5.41) is 2.66. The number of rotatable bonds is 4. The molecule has 2 heterocycles. The molecule has 5 nitrogen and oxygen atoms in total. The van der Waals surface area contributed by atoms with E-state index in [0.717, 1.165) is 0 Å². The monoisotopic (exact) mass is 233 g/mol. The van der Waals surface area contributed by atoms with Gasteiger partial charge in [0.15, 0.2) is 6.29 Å². The Kier molecular flexibility index (Phi) is 3.09. The van der Waals surface area contributed by atoms with Crippen LogP contribution < -0.4 is 5.32 Å². The molecule has 0 aliphatic carbocycles. The minimum absolute atomic E-state index is 0.233. The van der Waals surface area contributed by atoms with Crippen LogP contribution in [-0.2, 0) is 6.54 Å². The van der Waals surface area contributed by atoms with E-state index in [1.54, 1.807) is 19.1 Å². The number of carbonyl (C=O) groups is 2. The van der Waals surface area contributed by atoms with E-state index in [-0.39, 0.29) is 12.5 Å². The zero-order valence-corrected chi connectivity index (χ0v) is 9.23. The van der Waals surface area contributed by atoms with Crippen LogP contribution in [-0.4, -0.2) is 12.2 Å². The molecule has 0 fully saturated rings. The molecule has 1 amide bonds. The zero-order chi connectivity index (χ0) is 12.3. The molecule has 0 aliphatic rings. The quantitative estimate of drug-likeness (QED) is 0.819. The summed E-state index contributed by atoms with van der Waals surface area (Å²) in [7, 11) is 0. The highest BCUT2D eigenvalue weighted by atomic mass is 16.3. The third kappa shape index (κ3) is 2.63. The Morgan fingerprint density at radius 2 is 2.18 bits per heavy atom. The summed E-state index contributed by atoms with van der Waals surface area (Å²) in [6.07, 6.45) is 3.42. The summed E-state index contributed by atoms with van der Waals surface area (Å²) < 4.78 is 10.1. The molecule has 0 bridgehead atoms. The fourth-order valence-corrected chi connectivity index (χ4v) is 1.38. The molecule has 0 unspecified atom stereocenters. The standard InChI is InChI=1S/C12H11NO4/c1-8-2-10(7-16-8)12(15)13-4-11-3-9(5-14)6-17-11/h2-3,5-7H,4H2,1H3,(H,13,15). The van der Waals surface area contributed by atoms with E-state index >= 15 is 0 Å². The molecule has 0 atom stereocenters. The maximum atomic E-state index is 11.6. The van der Waals surface area contributed by atoms with E-state index in [1.165, 1.54) is 12.5 Å². The highest BCUT2D eigenvalue weighted by Gasteiger charge is 2.09. The number of carbonyl (C=O) groups excluding carboxylic acids is 2. The highest BCUT2D eigenvalue weighted by Crippen LogP contribution is 2.08. The van der Waals surface area contributed by atoms with Crippen LogP contribution in [0.1, 0.15) is 32.2 Å². The summed E-state index contributed by atoms with van der Waals surface area (Å²) in [5.74, 6) is 0.961. The Bertz CT molecular complexity index is 538. The third-order valence-electron chi connectivity index (χ3n) is 2.23. The van der Waals surface area contributed by atoms with Crippen LogP contribution in [0.4, 0.5) is 0 Å². The van der Waals surface area contributed by atoms with Gasteiger partial charge in [-0.2, -0.15) is 0 Å². The second kappa shape index (κ2) is 4.69. The molecule has 88 valence electrons. The van der Waals surface area contributed by atoms with Crippen LogP contribution in [0, 0.1) is 6.92 Å². The molecular weight excluding hydrogens is 222 g/mol. The van der Waals surface area contributed by atoms with Crippen molar-refractivity contribution in [2.45, 2.75) is 13.5 Å². The van der Waals surface area contributed by atoms with Crippen molar-refractivity contribution >= 4 is 12.2 Å². The Balaban J connectivity index is 1.94. The Hall–Kier alpha value is -2.30. The van der Waals surface area contributed by atoms with Gasteiger partial charge in [0, 0.05) is 0 Å². The maximum Gasteiger partial charge on any atom is 0.254 e. The van der Waals surface area contributed by atoms with Crippen molar-refractivity contribution in [3.8, 4) is 0 Å². The first-order valence-corrected chi connectivity index (χ1v) is 5.05. The molecule has 1 N–H and O–H groups in total. The van der Waals surface area contributed by atoms with Crippen molar-refractivity contribution in [1.29, 1.82) is 0 Å². The zero-order valence-electron chi connectivity index (χ0n) is 9.23. The van der Waals surface area contributed by atoms with Gasteiger partial charge in [-0.15, -0.1) is 0 Å². The number of nitrogens with one attached hydrogen (secondary N) is 1. The minimum Gasteiger partial charge on any atom is -0.469 e. The lowest BCUT2D eigenvalue weighted by Crippen LogP contribution is -2.21. The van der Waals surface area contributed by atoms with Crippen molar-refractivity contribution in [3.05, 3.63) is 47.3 Å². The van der Waals surface area contributed by atoms with Crippen molar-refractivity contribution in [2.75, 3.05) is 0 Å². The lowest BCUT2D eigenvalue weighted by Gasteiger charge is -1.99. The Morgan fingerprint density at radius 3 is 2.76 bits per heavy atom. The Morgan fingerprint density at radius 1 is 1.35 bits per heavy atom. The molecule has 0 aromatic carbocycles. The predicted molar refractivity (Wildman–Crippen MR) is 58.7 cm³/mol. The van der Waals surface area contributed by atoms with E-state index in [4.69, 9.17) is 8.83 Å². The fraction of sp³-hybridized carbons (Fsp3) is 0.167. The predicted octanol–water partition coefficient (Wildman–Crippen LogP) is 1.92. The van der Waals surface area contributed by atoms with Gasteiger partial charge in [0.25, 0.3) is 5.91 Å². The van der Waals surface area contributed by atoms with Gasteiger partial charge in [-0.1, -0.05) is 0 Å². The van der Waals surface area contributed by atoms with Crippen molar-refractivity contribution in [3.63, 3.8) is 0 Å². The van der Waals surface area contributed by atoms with Gasteiger partial charge < -0.3 is 14.2 Å². The summed E-state index contributed by atoms with van der Waals surface area (Å²) in [6, 6.07) is 3.22. The molecule has 0 saturated carbocycles. The lowest BCUT2D eigenvalue weighted by atomic mass is 10.3. The molecule has 0 saturated heterocycles. The molecule has 2 aromatic rings. The first-order chi connectivity index (χ1) is 8.19. The minimum atomic E-state index is -0.245. The molecule has 2 rings (SSSR count). The van der Waals surface area contributed by atoms with E-state index in [2.05, 4.69) is 5.32 Å². The van der Waals surface area contributed by atoms with Gasteiger partial charge in [0.05, 0.1) is 17.7 Å². The van der Waals surface area contributed by atoms with Gasteiger partial charge in [-0.25, -0.2) is 0 Å². The van der Waals surface area contributed by atoms with E-state index in [1.807, 2.05) is 0 Å². The molecule has 5 heteroatoms. The van der Waals surface area contributed by atoms with E-state index in [0.29, 0.717) is 28.9 Å². The SMILES string of the molecule is Cc1cc(C(=O)NCc2cc(C=O)co2)co1. The van der Waals surface area contributed by atoms with E-state index in [9.17, 15) is 9.59 Å². The molecule has 0 spiro atoms. The van der Waals surface area contributed by atoms with Crippen LogP contribution in [0.25, 0.3) is 0 Å². The van der Waals surface area contributed by atoms with Crippen LogP contribution in [0.5, 0.6) is 0 Å². The normalized spacial score (nSPS) is 10.2. The largest absolute Gasteiger partial charge is 0.469 e. The number of hydrogen-bond acceptors (Lipinski definition) is 4. The molecule has 17 heavy (non-hydrogen) atoms. The summed E-state index contributed by atoms with van der Waals surface area (Å²) in [4.78, 5) is 22.0. The topological polar surface area (TPSA) is 72.5 Å². The molecule has 0 radical (unpaired) electrons. The van der Waals surface area contributed by atoms with Gasteiger partial charge in [-0.05, 0) is 19.1 Å². The number of aldehydes is 1. The Labute approximate surface area is 97.4 Å². The van der Waals surface area contributed by atoms with E-state index < -0.39 is 0 Å². The van der Waals surface area contributed by atoms with Gasteiger partial charge in [-0.3, -0.25) is 9.59 Å². The second-order valence-corrected chi connectivity index (χ2v) is 3.59. The first kappa shape index (κ1) is 11.2. The van der Waals surface area contributed by atoms with Gasteiger partial charge >= 0.3 is 0 Å². The molecular formula is C12H11NO4. The van der Waals surface area contributed by atoms with Gasteiger partial charge in [0.2, 0.25) is 0 Å². The second-order valence-electron chi connectivity index (χ2n) is 3.59. The molecule has 0 aliphatic heterocycles. The first-order valence-electron chi connectivity index (χ1n) is 5.05. The summed E-state index contributed by atoms with van der Waals surface area (Å²) in [5.41, 5.74) is 0.915. The number of aryl methyl sites for hydroxylation is 1. The van der Waals surface area contributed by atoms with Crippen molar-refractivity contribution in [2.24, 2.45) is 0 Å². The third-order valence-corrected chi connectivity index (χ3v) is 2.23. The van der Waals surface area contributed by atoms with Crippen LogP contribution in [0.2, 0.25) is 0 Å². The summed E-state index contributed by atoms with van der Waals surface area (Å²) >= 11 is 0. The molecule has 2 aromatic heterocycles. The van der Waals surface area contributed by atoms with Crippen molar-refractivity contribution in [1.82, 2.24) is 5.32 Å². The van der Waals surface area contributed by atoms with Crippen LogP contribution >= 0.6 is 0 Å². The van der Waals surface area contributed by atoms with Crippen molar-refractivity contribution < 1.29 is 18.4 Å². The maximum absolute atomic E-state index is 11.6. The average molecular weight is 233 g/mol.